The van der Waals surface area contributed by atoms with E-state index in [4.69, 9.17) is 9.84 Å². The first-order valence-electron chi connectivity index (χ1n) is 13.6. The van der Waals surface area contributed by atoms with E-state index in [2.05, 4.69) is 40.1 Å². The van der Waals surface area contributed by atoms with Gasteiger partial charge < -0.3 is 20.1 Å². The molecule has 4 aromatic rings. The zero-order valence-corrected chi connectivity index (χ0v) is 24.5. The molecule has 1 aliphatic heterocycles. The highest BCUT2D eigenvalue weighted by atomic mass is 19.4. The van der Waals surface area contributed by atoms with E-state index >= 15 is 0 Å². The number of carbonyl (C=O) groups excluding carboxylic acids is 1. The molecule has 0 spiro atoms. The molecule has 9 nitrogen and oxygen atoms in total. The lowest BCUT2D eigenvalue weighted by Gasteiger charge is -2.38. The van der Waals surface area contributed by atoms with Crippen molar-refractivity contribution in [2.24, 2.45) is 0 Å². The summed E-state index contributed by atoms with van der Waals surface area (Å²) in [6, 6.07) is 8.39. The first kappa shape index (κ1) is 32.3. The Morgan fingerprint density at radius 3 is 2.48 bits per heavy atom. The molecule has 1 atom stereocenters. The van der Waals surface area contributed by atoms with Crippen LogP contribution in [0.5, 0.6) is 0 Å². The zero-order valence-electron chi connectivity index (χ0n) is 24.5. The number of ether oxygens (including phenoxy) is 1. The smallest absolute Gasteiger partial charge is 0.411 e. The molecule has 1 amide bonds. The van der Waals surface area contributed by atoms with Gasteiger partial charge in [-0.3, -0.25) is 14.6 Å². The summed E-state index contributed by atoms with van der Waals surface area (Å²) in [4.78, 5) is 36.8. The van der Waals surface area contributed by atoms with E-state index in [1.54, 1.807) is 0 Å². The minimum absolute atomic E-state index is 0.0181. The highest BCUT2D eigenvalue weighted by Gasteiger charge is 2.45. The lowest BCUT2D eigenvalue weighted by Crippen LogP contribution is -2.53. The fourth-order valence-corrected chi connectivity index (χ4v) is 4.76. The molecule has 2 aromatic carbocycles. The van der Waals surface area contributed by atoms with Crippen molar-refractivity contribution >= 4 is 28.5 Å². The lowest BCUT2D eigenvalue weighted by molar-refractivity contribution is -0.167. The first-order valence-corrected chi connectivity index (χ1v) is 13.6. The van der Waals surface area contributed by atoms with Crippen molar-refractivity contribution in [1.82, 2.24) is 20.3 Å². The number of nitrogens with one attached hydrogen (secondary N) is 1. The molecule has 0 radical (unpaired) electrons. The molecule has 44 heavy (non-hydrogen) atoms. The molecule has 1 unspecified atom stereocenters. The van der Waals surface area contributed by atoms with E-state index in [-0.39, 0.29) is 24.4 Å². The number of rotatable bonds is 5. The molecule has 0 saturated carbocycles. The normalized spacial score (nSPS) is 15.0. The Morgan fingerprint density at radius 1 is 1.07 bits per heavy atom. The number of fused-ring (bicyclic) bond motifs is 1. The largest absolute Gasteiger partial charge is 0.480 e. The summed E-state index contributed by atoms with van der Waals surface area (Å²) < 4.78 is 58.6. The average Bonchev–Trinajstić information content (AvgIpc) is 2.97. The molecular weight excluding hydrogens is 582 g/mol. The van der Waals surface area contributed by atoms with Gasteiger partial charge in [0.1, 0.15) is 18.4 Å². The Kier molecular flexibility index (Phi) is 9.78. The molecule has 13 heteroatoms. The van der Waals surface area contributed by atoms with Crippen molar-refractivity contribution in [2.75, 3.05) is 31.2 Å². The zero-order chi connectivity index (χ0) is 32.2. The van der Waals surface area contributed by atoms with Crippen LogP contribution in [-0.4, -0.2) is 70.5 Å². The number of aromatic nitrogens is 3. The molecule has 232 valence electrons. The first-order chi connectivity index (χ1) is 20.8. The van der Waals surface area contributed by atoms with Crippen molar-refractivity contribution in [3.63, 3.8) is 0 Å². The topological polar surface area (TPSA) is 118 Å². The average molecular weight is 614 g/mol. The molecule has 3 heterocycles. The molecule has 1 fully saturated rings. The monoisotopic (exact) mass is 613 g/mol. The van der Waals surface area contributed by atoms with Crippen LogP contribution >= 0.6 is 0 Å². The minimum atomic E-state index is -4.55. The van der Waals surface area contributed by atoms with Gasteiger partial charge in [-0.25, -0.2) is 14.4 Å². The van der Waals surface area contributed by atoms with Crippen LogP contribution in [0.1, 0.15) is 32.7 Å². The van der Waals surface area contributed by atoms with Crippen LogP contribution in [0.4, 0.5) is 23.2 Å². The van der Waals surface area contributed by atoms with Gasteiger partial charge in [0.2, 0.25) is 0 Å². The van der Waals surface area contributed by atoms with Crippen LogP contribution in [-0.2, 0) is 9.53 Å². The molecule has 1 aliphatic rings. The summed E-state index contributed by atoms with van der Waals surface area (Å²) in [6.07, 6.45) is -0.874. The number of nitrogens with zero attached hydrogens (tertiary/aromatic N) is 4. The number of carboxylic acid groups (broad SMARTS) is 1. The number of carbonyl (C=O) groups is 2. The standard InChI is InChI=1S/C16H15N3.C15H16F4N2O4/c1-10-6-7-14(15-13(10)5-4-8-17-15)16-18-9-11(2)12(3)19-16;1-8-4-9(21-2-3-25-7-11(21)15(17,18)19)5-10(16)13(8)14(24)20-6-12(22)23/h4-9H,1-3H3;4-5,11H,2-3,6-7H2,1H3,(H,20,24)(H,22,23). The lowest BCUT2D eigenvalue weighted by atomic mass is 10.0. The number of halogens is 4. The third-order valence-electron chi connectivity index (χ3n) is 7.19. The van der Waals surface area contributed by atoms with E-state index in [1.807, 2.05) is 37.6 Å². The van der Waals surface area contributed by atoms with Crippen molar-refractivity contribution in [1.29, 1.82) is 0 Å². The van der Waals surface area contributed by atoms with Gasteiger partial charge >= 0.3 is 12.1 Å². The van der Waals surface area contributed by atoms with Gasteiger partial charge in [-0.1, -0.05) is 12.1 Å². The fourth-order valence-electron chi connectivity index (χ4n) is 4.76. The number of aliphatic carboxylic acids is 1. The summed E-state index contributed by atoms with van der Waals surface area (Å²) in [7, 11) is 0. The van der Waals surface area contributed by atoms with Gasteiger partial charge in [-0.15, -0.1) is 0 Å². The van der Waals surface area contributed by atoms with E-state index in [0.29, 0.717) is 0 Å². The van der Waals surface area contributed by atoms with Crippen LogP contribution in [0.15, 0.2) is 48.8 Å². The number of carboxylic acids is 1. The summed E-state index contributed by atoms with van der Waals surface area (Å²) in [5.41, 5.74) is 4.97. The maximum Gasteiger partial charge on any atom is 0.411 e. The van der Waals surface area contributed by atoms with E-state index in [0.717, 1.165) is 44.5 Å². The highest BCUT2D eigenvalue weighted by molar-refractivity contribution is 5.98. The van der Waals surface area contributed by atoms with Crippen molar-refractivity contribution in [3.8, 4) is 11.4 Å². The molecule has 2 aromatic heterocycles. The third kappa shape index (κ3) is 7.28. The van der Waals surface area contributed by atoms with Crippen LogP contribution in [0.2, 0.25) is 0 Å². The van der Waals surface area contributed by atoms with E-state index < -0.39 is 48.6 Å². The Balaban J connectivity index is 0.000000208. The van der Waals surface area contributed by atoms with E-state index in [1.165, 1.54) is 18.6 Å². The Morgan fingerprint density at radius 2 is 1.82 bits per heavy atom. The minimum Gasteiger partial charge on any atom is -0.480 e. The number of morpholine rings is 1. The molecule has 1 saturated heterocycles. The van der Waals surface area contributed by atoms with Gasteiger partial charge in [0.25, 0.3) is 5.91 Å². The summed E-state index contributed by atoms with van der Waals surface area (Å²) >= 11 is 0. The van der Waals surface area contributed by atoms with Gasteiger partial charge in [-0.05, 0) is 68.7 Å². The van der Waals surface area contributed by atoms with Crippen molar-refractivity contribution in [2.45, 2.75) is 39.9 Å². The molecule has 5 rings (SSSR count). The number of alkyl halides is 3. The second-order valence-electron chi connectivity index (χ2n) is 10.3. The Hall–Kier alpha value is -4.65. The predicted molar refractivity (Wildman–Crippen MR) is 156 cm³/mol. The summed E-state index contributed by atoms with van der Waals surface area (Å²) in [5.74, 6) is -2.53. The van der Waals surface area contributed by atoms with E-state index in [9.17, 15) is 27.2 Å². The summed E-state index contributed by atoms with van der Waals surface area (Å²) in [5, 5.41) is 11.7. The highest BCUT2D eigenvalue weighted by Crippen LogP contribution is 2.33. The van der Waals surface area contributed by atoms with Crippen molar-refractivity contribution < 1.29 is 37.0 Å². The number of anilines is 1. The SMILES string of the molecule is Cc1cc(N2CCOCC2C(F)(F)F)cc(F)c1C(=O)NCC(=O)O.Cc1cnc(-c2ccc(C)c3cccnc23)nc1C. The van der Waals surface area contributed by atoms with Gasteiger partial charge in [0.15, 0.2) is 5.82 Å². The maximum absolute atomic E-state index is 14.3. The van der Waals surface area contributed by atoms with Crippen LogP contribution in [0.25, 0.3) is 22.3 Å². The predicted octanol–water partition coefficient (Wildman–Crippen LogP) is 5.33. The van der Waals surface area contributed by atoms with Gasteiger partial charge in [0, 0.05) is 41.3 Å². The third-order valence-corrected chi connectivity index (χ3v) is 7.19. The number of hydrogen-bond donors (Lipinski definition) is 2. The molecule has 0 bridgehead atoms. The second-order valence-corrected chi connectivity index (χ2v) is 10.3. The van der Waals surface area contributed by atoms with Gasteiger partial charge in [-0.2, -0.15) is 13.2 Å². The number of amides is 1. The molecular formula is C31H31F4N5O4. The molecule has 2 N–H and O–H groups in total. The Labute approximate surface area is 250 Å². The number of hydrogen-bond acceptors (Lipinski definition) is 7. The number of pyridine rings is 1. The van der Waals surface area contributed by atoms with Crippen LogP contribution < -0.4 is 10.2 Å². The number of aryl methyl sites for hydroxylation is 4. The quantitative estimate of drug-likeness (QED) is 0.290. The Bertz CT molecular complexity index is 1670. The van der Waals surface area contributed by atoms with Gasteiger partial charge in [0.05, 0.1) is 24.3 Å². The number of benzene rings is 2. The van der Waals surface area contributed by atoms with Crippen LogP contribution in [0, 0.1) is 33.5 Å². The second kappa shape index (κ2) is 13.3. The fraction of sp³-hybridized carbons (Fsp3) is 0.323. The van der Waals surface area contributed by atoms with Crippen LogP contribution in [0.3, 0.4) is 0 Å². The maximum atomic E-state index is 14.3. The molecule has 0 aliphatic carbocycles. The summed E-state index contributed by atoms with van der Waals surface area (Å²) in [6.45, 7) is 6.21. The van der Waals surface area contributed by atoms with Crippen molar-refractivity contribution in [3.05, 3.63) is 82.6 Å².